The highest BCUT2D eigenvalue weighted by Gasteiger charge is 2.20. The molecule has 0 fully saturated rings. The van der Waals surface area contributed by atoms with Crippen molar-refractivity contribution in [1.29, 1.82) is 0 Å². The molecule has 7 nitrogen and oxygen atoms in total. The zero-order valence-corrected chi connectivity index (χ0v) is 14.3. The van der Waals surface area contributed by atoms with E-state index in [0.717, 1.165) is 0 Å². The molecule has 0 aliphatic carbocycles. The van der Waals surface area contributed by atoms with Crippen molar-refractivity contribution in [2.24, 2.45) is 0 Å². The quantitative estimate of drug-likeness (QED) is 0.771. The summed E-state index contributed by atoms with van der Waals surface area (Å²) in [5, 5.41) is 14.9. The van der Waals surface area contributed by atoms with E-state index in [0.29, 0.717) is 11.4 Å². The van der Waals surface area contributed by atoms with Gasteiger partial charge in [0.1, 0.15) is 11.4 Å². The number of nitrogens with one attached hydrogen (secondary N) is 2. The zero-order valence-electron chi connectivity index (χ0n) is 14.3. The molecule has 0 spiro atoms. The molecule has 0 unspecified atom stereocenters. The van der Waals surface area contributed by atoms with E-state index in [1.54, 1.807) is 46.8 Å². The third kappa shape index (κ3) is 8.15. The highest BCUT2D eigenvalue weighted by atomic mass is 16.6. The molecule has 0 saturated heterocycles. The van der Waals surface area contributed by atoms with Gasteiger partial charge >= 0.3 is 6.09 Å². The molecule has 0 saturated carbocycles. The van der Waals surface area contributed by atoms with Crippen LogP contribution in [0.3, 0.4) is 0 Å². The van der Waals surface area contributed by atoms with Crippen LogP contribution in [0, 0.1) is 0 Å². The van der Waals surface area contributed by atoms with Gasteiger partial charge in [-0.25, -0.2) is 9.78 Å². The lowest BCUT2D eigenvalue weighted by Gasteiger charge is -2.20. The summed E-state index contributed by atoms with van der Waals surface area (Å²) >= 11 is 0. The molecule has 0 radical (unpaired) electrons. The SMILES string of the molecule is CC(C)(O)CC(=O)Nc1ncccc1CNC(=O)OC(C)(C)C. The van der Waals surface area contributed by atoms with Gasteiger partial charge in [0.25, 0.3) is 0 Å². The number of pyridine rings is 1. The van der Waals surface area contributed by atoms with Crippen LogP contribution in [0.4, 0.5) is 10.6 Å². The van der Waals surface area contributed by atoms with Crippen LogP contribution in [0.2, 0.25) is 0 Å². The minimum absolute atomic E-state index is 0.0531. The number of anilines is 1. The first-order valence-corrected chi connectivity index (χ1v) is 7.39. The normalized spacial score (nSPS) is 11.7. The monoisotopic (exact) mass is 323 g/mol. The van der Waals surface area contributed by atoms with Gasteiger partial charge in [-0.1, -0.05) is 6.07 Å². The Morgan fingerprint density at radius 3 is 2.48 bits per heavy atom. The molecular formula is C16H25N3O4. The van der Waals surface area contributed by atoms with Gasteiger partial charge in [-0.15, -0.1) is 0 Å². The lowest BCUT2D eigenvalue weighted by atomic mass is 10.1. The van der Waals surface area contributed by atoms with Crippen molar-refractivity contribution >= 4 is 17.8 Å². The largest absolute Gasteiger partial charge is 0.444 e. The van der Waals surface area contributed by atoms with Crippen molar-refractivity contribution < 1.29 is 19.4 Å². The Balaban J connectivity index is 2.67. The summed E-state index contributed by atoms with van der Waals surface area (Å²) in [6.45, 7) is 8.60. The number of nitrogens with zero attached hydrogens (tertiary/aromatic N) is 1. The predicted molar refractivity (Wildman–Crippen MR) is 86.9 cm³/mol. The molecule has 1 heterocycles. The van der Waals surface area contributed by atoms with Gasteiger partial charge in [-0.2, -0.15) is 0 Å². The van der Waals surface area contributed by atoms with Gasteiger partial charge < -0.3 is 20.5 Å². The second-order valence-electron chi connectivity index (χ2n) is 6.90. The Kier molecular flexibility index (Phi) is 6.09. The summed E-state index contributed by atoms with van der Waals surface area (Å²) in [4.78, 5) is 27.7. The number of aliphatic hydroxyl groups is 1. The standard InChI is InChI=1S/C16H25N3O4/c1-15(2,3)23-14(21)18-10-11-7-6-8-17-13(11)19-12(20)9-16(4,5)22/h6-8,22H,9-10H2,1-5H3,(H,18,21)(H,17,19,20). The third-order valence-electron chi connectivity index (χ3n) is 2.56. The van der Waals surface area contributed by atoms with E-state index >= 15 is 0 Å². The number of amides is 2. The van der Waals surface area contributed by atoms with Gasteiger partial charge in [-0.3, -0.25) is 4.79 Å². The number of carbonyl (C=O) groups is 2. The van der Waals surface area contributed by atoms with Crippen molar-refractivity contribution in [3.8, 4) is 0 Å². The van der Waals surface area contributed by atoms with Crippen LogP contribution >= 0.6 is 0 Å². The molecule has 0 aliphatic heterocycles. The summed E-state index contributed by atoms with van der Waals surface area (Å²) < 4.78 is 5.16. The maximum atomic E-state index is 11.9. The Labute approximate surface area is 136 Å². The molecule has 0 bridgehead atoms. The molecule has 1 rings (SSSR count). The van der Waals surface area contributed by atoms with Crippen LogP contribution in [0.5, 0.6) is 0 Å². The predicted octanol–water partition coefficient (Wildman–Crippen LogP) is 2.21. The highest BCUT2D eigenvalue weighted by Crippen LogP contribution is 2.14. The summed E-state index contributed by atoms with van der Waals surface area (Å²) in [6, 6.07) is 3.45. The summed E-state index contributed by atoms with van der Waals surface area (Å²) in [6.07, 6.45) is 0.939. The van der Waals surface area contributed by atoms with Gasteiger partial charge in [-0.05, 0) is 40.7 Å². The number of aromatic nitrogens is 1. The highest BCUT2D eigenvalue weighted by molar-refractivity contribution is 5.91. The van der Waals surface area contributed by atoms with Crippen molar-refractivity contribution in [2.75, 3.05) is 5.32 Å². The van der Waals surface area contributed by atoms with E-state index in [1.165, 1.54) is 6.20 Å². The topological polar surface area (TPSA) is 101 Å². The van der Waals surface area contributed by atoms with Crippen LogP contribution in [0.25, 0.3) is 0 Å². The Hall–Kier alpha value is -2.15. The first kappa shape index (κ1) is 18.9. The van der Waals surface area contributed by atoms with E-state index in [9.17, 15) is 14.7 Å². The number of ether oxygens (including phenoxy) is 1. The van der Waals surface area contributed by atoms with E-state index in [-0.39, 0.29) is 18.9 Å². The van der Waals surface area contributed by atoms with Crippen molar-refractivity contribution in [2.45, 2.75) is 58.8 Å². The average molecular weight is 323 g/mol. The molecular weight excluding hydrogens is 298 g/mol. The van der Waals surface area contributed by atoms with E-state index in [1.807, 2.05) is 0 Å². The fourth-order valence-corrected chi connectivity index (χ4v) is 1.74. The lowest BCUT2D eigenvalue weighted by molar-refractivity contribution is -0.119. The minimum Gasteiger partial charge on any atom is -0.444 e. The maximum Gasteiger partial charge on any atom is 0.407 e. The van der Waals surface area contributed by atoms with Gasteiger partial charge in [0.2, 0.25) is 5.91 Å². The van der Waals surface area contributed by atoms with E-state index in [4.69, 9.17) is 4.74 Å². The molecule has 0 atom stereocenters. The Morgan fingerprint density at radius 2 is 1.91 bits per heavy atom. The molecule has 0 aliphatic rings. The zero-order chi connectivity index (χ0) is 17.7. The van der Waals surface area contributed by atoms with Gasteiger partial charge in [0, 0.05) is 18.3 Å². The van der Waals surface area contributed by atoms with Gasteiger partial charge in [0.05, 0.1) is 12.0 Å². The molecule has 2 amide bonds. The summed E-state index contributed by atoms with van der Waals surface area (Å²) in [5.74, 6) is -0.00692. The number of carbonyl (C=O) groups excluding carboxylic acids is 2. The maximum absolute atomic E-state index is 11.9. The minimum atomic E-state index is -1.10. The van der Waals surface area contributed by atoms with Crippen LogP contribution in [-0.4, -0.2) is 33.3 Å². The van der Waals surface area contributed by atoms with Crippen LogP contribution in [-0.2, 0) is 16.1 Å². The number of hydrogen-bond donors (Lipinski definition) is 3. The smallest absolute Gasteiger partial charge is 0.407 e. The van der Waals surface area contributed by atoms with Crippen molar-refractivity contribution in [1.82, 2.24) is 10.3 Å². The second kappa shape index (κ2) is 7.41. The molecule has 7 heteroatoms. The fourth-order valence-electron chi connectivity index (χ4n) is 1.74. The Bertz CT molecular complexity index is 559. The Morgan fingerprint density at radius 1 is 1.26 bits per heavy atom. The van der Waals surface area contributed by atoms with Crippen molar-refractivity contribution in [3.05, 3.63) is 23.9 Å². The second-order valence-corrected chi connectivity index (χ2v) is 6.90. The molecule has 1 aromatic rings. The van der Waals surface area contributed by atoms with Crippen LogP contribution in [0.1, 0.15) is 46.6 Å². The number of rotatable bonds is 5. The number of alkyl carbamates (subject to hydrolysis) is 1. The van der Waals surface area contributed by atoms with Crippen LogP contribution in [0.15, 0.2) is 18.3 Å². The molecule has 23 heavy (non-hydrogen) atoms. The molecule has 0 aromatic carbocycles. The lowest BCUT2D eigenvalue weighted by Crippen LogP contribution is -2.32. The van der Waals surface area contributed by atoms with Gasteiger partial charge in [0.15, 0.2) is 0 Å². The van der Waals surface area contributed by atoms with E-state index in [2.05, 4.69) is 15.6 Å². The van der Waals surface area contributed by atoms with Crippen LogP contribution < -0.4 is 10.6 Å². The summed E-state index contributed by atoms with van der Waals surface area (Å²) in [7, 11) is 0. The summed E-state index contributed by atoms with van der Waals surface area (Å²) in [5.41, 5.74) is -1.04. The molecule has 128 valence electrons. The first-order chi connectivity index (χ1) is 10.5. The first-order valence-electron chi connectivity index (χ1n) is 7.39. The number of hydrogen-bond acceptors (Lipinski definition) is 5. The van der Waals surface area contributed by atoms with Crippen molar-refractivity contribution in [3.63, 3.8) is 0 Å². The molecule has 1 aromatic heterocycles. The van der Waals surface area contributed by atoms with E-state index < -0.39 is 17.3 Å². The average Bonchev–Trinajstić information content (AvgIpc) is 2.33. The molecule has 3 N–H and O–H groups in total. The third-order valence-corrected chi connectivity index (χ3v) is 2.56. The fraction of sp³-hybridized carbons (Fsp3) is 0.562.